The van der Waals surface area contributed by atoms with Crippen molar-refractivity contribution in [1.82, 2.24) is 4.90 Å². The van der Waals surface area contributed by atoms with Crippen LogP contribution in [-0.2, 0) is 4.79 Å². The lowest BCUT2D eigenvalue weighted by atomic mass is 10.2. The van der Waals surface area contributed by atoms with Crippen molar-refractivity contribution in [1.29, 1.82) is 0 Å². The highest BCUT2D eigenvalue weighted by Crippen LogP contribution is 2.21. The lowest BCUT2D eigenvalue weighted by molar-refractivity contribution is -0.385. The number of amides is 1. The molecule has 0 aromatic heterocycles. The van der Waals surface area contributed by atoms with Crippen LogP contribution in [0.3, 0.4) is 0 Å². The maximum absolute atomic E-state index is 12.3. The van der Waals surface area contributed by atoms with Crippen molar-refractivity contribution >= 4 is 23.0 Å². The van der Waals surface area contributed by atoms with Gasteiger partial charge in [0.15, 0.2) is 6.61 Å². The summed E-state index contributed by atoms with van der Waals surface area (Å²) in [5.41, 5.74) is 0.877. The van der Waals surface area contributed by atoms with Gasteiger partial charge in [-0.05, 0) is 24.3 Å². The highest BCUT2D eigenvalue weighted by Gasteiger charge is 2.22. The van der Waals surface area contributed by atoms with E-state index in [-0.39, 0.29) is 23.9 Å². The van der Waals surface area contributed by atoms with E-state index in [4.69, 9.17) is 4.74 Å². The SMILES string of the molecule is O=C(COc1ccc([N+](=O)[O-])cc1)N1CCN(c2ccc([N+](=O)[O-])cc2)CC1. The summed E-state index contributed by atoms with van der Waals surface area (Å²) in [4.78, 5) is 36.5. The van der Waals surface area contributed by atoms with Gasteiger partial charge < -0.3 is 14.5 Å². The molecular formula is C18H18N4O6. The number of nitro benzene ring substituents is 2. The molecule has 1 amide bonds. The largest absolute Gasteiger partial charge is 0.484 e. The molecule has 28 heavy (non-hydrogen) atoms. The summed E-state index contributed by atoms with van der Waals surface area (Å²) in [6.45, 7) is 2.11. The molecule has 1 fully saturated rings. The molecule has 1 aliphatic rings. The topological polar surface area (TPSA) is 119 Å². The number of carbonyl (C=O) groups is 1. The minimum absolute atomic E-state index is 0.0407. The van der Waals surface area contributed by atoms with E-state index in [0.717, 1.165) is 5.69 Å². The molecule has 2 aromatic rings. The van der Waals surface area contributed by atoms with E-state index in [0.29, 0.717) is 31.9 Å². The third-order valence-corrected chi connectivity index (χ3v) is 4.47. The molecule has 0 bridgehead atoms. The number of hydrogen-bond donors (Lipinski definition) is 0. The van der Waals surface area contributed by atoms with E-state index in [9.17, 15) is 25.0 Å². The number of benzene rings is 2. The Bertz CT molecular complexity index is 861. The van der Waals surface area contributed by atoms with Crippen molar-refractivity contribution in [3.63, 3.8) is 0 Å². The van der Waals surface area contributed by atoms with Crippen molar-refractivity contribution in [3.05, 3.63) is 68.8 Å². The second-order valence-electron chi connectivity index (χ2n) is 6.18. The monoisotopic (exact) mass is 386 g/mol. The fraction of sp³-hybridized carbons (Fsp3) is 0.278. The van der Waals surface area contributed by atoms with Crippen LogP contribution in [-0.4, -0.2) is 53.4 Å². The van der Waals surface area contributed by atoms with Crippen LogP contribution in [0, 0.1) is 20.2 Å². The van der Waals surface area contributed by atoms with Crippen molar-refractivity contribution in [2.45, 2.75) is 0 Å². The number of ether oxygens (including phenoxy) is 1. The predicted molar refractivity (Wildman–Crippen MR) is 100 cm³/mol. The van der Waals surface area contributed by atoms with Crippen molar-refractivity contribution in [2.75, 3.05) is 37.7 Å². The van der Waals surface area contributed by atoms with Crippen LogP contribution in [0.1, 0.15) is 0 Å². The first-order valence-corrected chi connectivity index (χ1v) is 8.58. The lowest BCUT2D eigenvalue weighted by Crippen LogP contribution is -2.50. The molecule has 10 heteroatoms. The molecule has 1 heterocycles. The van der Waals surface area contributed by atoms with E-state index >= 15 is 0 Å². The van der Waals surface area contributed by atoms with Gasteiger partial charge in [-0.2, -0.15) is 0 Å². The van der Waals surface area contributed by atoms with Crippen LogP contribution >= 0.6 is 0 Å². The third-order valence-electron chi connectivity index (χ3n) is 4.47. The Hall–Kier alpha value is -3.69. The Kier molecular flexibility index (Phi) is 5.68. The van der Waals surface area contributed by atoms with Crippen LogP contribution < -0.4 is 9.64 Å². The zero-order valence-corrected chi connectivity index (χ0v) is 14.9. The maximum atomic E-state index is 12.3. The fourth-order valence-corrected chi connectivity index (χ4v) is 2.90. The highest BCUT2D eigenvalue weighted by atomic mass is 16.6. The zero-order valence-electron chi connectivity index (χ0n) is 14.9. The van der Waals surface area contributed by atoms with Gasteiger partial charge in [0.25, 0.3) is 17.3 Å². The summed E-state index contributed by atoms with van der Waals surface area (Å²) in [6.07, 6.45) is 0. The van der Waals surface area contributed by atoms with Gasteiger partial charge in [-0.25, -0.2) is 0 Å². The molecule has 3 rings (SSSR count). The normalized spacial score (nSPS) is 13.9. The summed E-state index contributed by atoms with van der Waals surface area (Å²) in [5.74, 6) is 0.227. The van der Waals surface area contributed by atoms with Crippen molar-refractivity contribution in [2.24, 2.45) is 0 Å². The summed E-state index contributed by atoms with van der Waals surface area (Å²) in [6, 6.07) is 11.9. The van der Waals surface area contributed by atoms with Gasteiger partial charge in [0.1, 0.15) is 5.75 Å². The van der Waals surface area contributed by atoms with E-state index < -0.39 is 9.85 Å². The Labute approximate surface area is 160 Å². The van der Waals surface area contributed by atoms with Crippen molar-refractivity contribution in [3.8, 4) is 5.75 Å². The van der Waals surface area contributed by atoms with Crippen molar-refractivity contribution < 1.29 is 19.4 Å². The van der Waals surface area contributed by atoms with Gasteiger partial charge in [-0.3, -0.25) is 25.0 Å². The van der Waals surface area contributed by atoms with Crippen LogP contribution in [0.15, 0.2) is 48.5 Å². The van der Waals surface area contributed by atoms with E-state index in [1.807, 2.05) is 0 Å². The standard InChI is InChI=1S/C18H18N4O6/c23-18(13-28-17-7-5-16(6-8-17)22(26)27)20-11-9-19(10-12-20)14-1-3-15(4-2-14)21(24)25/h1-8H,9-13H2. The van der Waals surface area contributed by atoms with Gasteiger partial charge in [0, 0.05) is 56.1 Å². The van der Waals surface area contributed by atoms with Crippen LogP contribution in [0.5, 0.6) is 5.75 Å². The summed E-state index contributed by atoms with van der Waals surface area (Å²) >= 11 is 0. The Morgan fingerprint density at radius 3 is 1.86 bits per heavy atom. The number of rotatable bonds is 6. The Morgan fingerprint density at radius 2 is 1.36 bits per heavy atom. The zero-order chi connectivity index (χ0) is 20.1. The first kappa shape index (κ1) is 19.1. The molecule has 0 unspecified atom stereocenters. The maximum Gasteiger partial charge on any atom is 0.269 e. The highest BCUT2D eigenvalue weighted by molar-refractivity contribution is 5.78. The van der Waals surface area contributed by atoms with Gasteiger partial charge >= 0.3 is 0 Å². The molecule has 1 aliphatic heterocycles. The summed E-state index contributed by atoms with van der Waals surface area (Å²) in [7, 11) is 0. The Balaban J connectivity index is 1.48. The molecule has 146 valence electrons. The molecule has 0 aliphatic carbocycles. The predicted octanol–water partition coefficient (Wildman–Crippen LogP) is 2.23. The van der Waals surface area contributed by atoms with Gasteiger partial charge in [0.2, 0.25) is 0 Å². The number of hydrogen-bond acceptors (Lipinski definition) is 7. The molecule has 10 nitrogen and oxygen atoms in total. The quantitative estimate of drug-likeness (QED) is 0.551. The van der Waals surface area contributed by atoms with Gasteiger partial charge in [-0.15, -0.1) is 0 Å². The van der Waals surface area contributed by atoms with E-state index in [1.165, 1.54) is 36.4 Å². The first-order chi connectivity index (χ1) is 13.4. The fourth-order valence-electron chi connectivity index (χ4n) is 2.90. The number of nitro groups is 2. The first-order valence-electron chi connectivity index (χ1n) is 8.58. The van der Waals surface area contributed by atoms with Gasteiger partial charge in [-0.1, -0.05) is 0 Å². The van der Waals surface area contributed by atoms with Gasteiger partial charge in [0.05, 0.1) is 9.85 Å². The second kappa shape index (κ2) is 8.33. The molecule has 0 saturated carbocycles. The molecule has 0 spiro atoms. The van der Waals surface area contributed by atoms with Crippen LogP contribution in [0.25, 0.3) is 0 Å². The van der Waals surface area contributed by atoms with E-state index in [2.05, 4.69) is 4.90 Å². The smallest absolute Gasteiger partial charge is 0.269 e. The van der Waals surface area contributed by atoms with Crippen LogP contribution in [0.2, 0.25) is 0 Å². The number of piperazine rings is 1. The Morgan fingerprint density at radius 1 is 0.857 bits per heavy atom. The third kappa shape index (κ3) is 4.53. The van der Waals surface area contributed by atoms with Crippen LogP contribution in [0.4, 0.5) is 17.1 Å². The lowest BCUT2D eigenvalue weighted by Gasteiger charge is -2.36. The molecule has 1 saturated heterocycles. The number of nitrogens with zero attached hydrogens (tertiary/aromatic N) is 4. The molecule has 2 aromatic carbocycles. The number of non-ortho nitro benzene ring substituents is 2. The molecular weight excluding hydrogens is 368 g/mol. The number of carbonyl (C=O) groups excluding carboxylic acids is 1. The average Bonchev–Trinajstić information content (AvgIpc) is 2.72. The average molecular weight is 386 g/mol. The second-order valence-corrected chi connectivity index (χ2v) is 6.18. The molecule has 0 N–H and O–H groups in total. The van der Waals surface area contributed by atoms with E-state index in [1.54, 1.807) is 17.0 Å². The molecule has 0 atom stereocenters. The minimum atomic E-state index is -0.501. The summed E-state index contributed by atoms with van der Waals surface area (Å²) < 4.78 is 5.41. The molecule has 0 radical (unpaired) electrons. The number of anilines is 1. The summed E-state index contributed by atoms with van der Waals surface area (Å²) in [5, 5.41) is 21.4. The minimum Gasteiger partial charge on any atom is -0.484 e.